The van der Waals surface area contributed by atoms with Crippen LogP contribution in [0.2, 0.25) is 0 Å². The van der Waals surface area contributed by atoms with Gasteiger partial charge in [0.15, 0.2) is 0 Å². The maximum Gasteiger partial charge on any atom is 0.138 e. The van der Waals surface area contributed by atoms with E-state index in [-0.39, 0.29) is 11.7 Å². The van der Waals surface area contributed by atoms with Gasteiger partial charge in [-0.3, -0.25) is 4.79 Å². The van der Waals surface area contributed by atoms with Gasteiger partial charge in [-0.05, 0) is 22.4 Å². The summed E-state index contributed by atoms with van der Waals surface area (Å²) in [5, 5.41) is 12.5. The molecule has 2 aromatic carbocycles. The molecule has 0 saturated carbocycles. The molecule has 0 aliphatic heterocycles. The number of fused-ring (bicyclic) bond motifs is 1. The van der Waals surface area contributed by atoms with Crippen molar-refractivity contribution in [1.82, 2.24) is 0 Å². The molecule has 2 rings (SSSR count). The Labute approximate surface area is 107 Å². The Bertz CT molecular complexity index is 560. The molecule has 1 N–H and O–H groups in total. The summed E-state index contributed by atoms with van der Waals surface area (Å²) in [5.74, 6) is -0.258. The number of carbonyl (C=O) groups is 1. The Morgan fingerprint density at radius 1 is 1.17 bits per heavy atom. The summed E-state index contributed by atoms with van der Waals surface area (Å²) in [5.41, 5.74) is 0.808. The van der Waals surface area contributed by atoms with Crippen molar-refractivity contribution < 1.29 is 9.90 Å². The summed E-state index contributed by atoms with van der Waals surface area (Å²) in [6, 6.07) is 13.8. The Morgan fingerprint density at radius 3 is 2.50 bits per heavy atom. The lowest BCUT2D eigenvalue weighted by Crippen LogP contribution is -2.18. The molecule has 0 spiro atoms. The first-order chi connectivity index (χ1) is 8.63. The molecule has 2 atom stereocenters. The number of rotatable bonds is 4. The van der Waals surface area contributed by atoms with E-state index in [4.69, 9.17) is 0 Å². The largest absolute Gasteiger partial charge is 0.388 e. The van der Waals surface area contributed by atoms with E-state index in [9.17, 15) is 9.90 Å². The lowest BCUT2D eigenvalue weighted by molar-refractivity contribution is -0.125. The van der Waals surface area contributed by atoms with Crippen molar-refractivity contribution in [3.05, 3.63) is 48.0 Å². The van der Waals surface area contributed by atoms with Crippen molar-refractivity contribution in [3.63, 3.8) is 0 Å². The molecule has 0 saturated heterocycles. The summed E-state index contributed by atoms with van der Waals surface area (Å²) in [6.07, 6.45) is -0.256. The van der Waals surface area contributed by atoms with Crippen LogP contribution in [0, 0.1) is 5.92 Å². The molecule has 2 nitrogen and oxygen atoms in total. The van der Waals surface area contributed by atoms with Gasteiger partial charge in [0.2, 0.25) is 0 Å². The predicted octanol–water partition coefficient (Wildman–Crippen LogP) is 3.49. The maximum atomic E-state index is 11.6. The third-order valence-corrected chi connectivity index (χ3v) is 3.44. The monoisotopic (exact) mass is 242 g/mol. The highest BCUT2D eigenvalue weighted by molar-refractivity contribution is 5.84. The predicted molar refractivity (Wildman–Crippen MR) is 73.4 cm³/mol. The van der Waals surface area contributed by atoms with Gasteiger partial charge >= 0.3 is 0 Å². The number of benzene rings is 2. The highest BCUT2D eigenvalue weighted by atomic mass is 16.3. The van der Waals surface area contributed by atoms with Crippen LogP contribution in [0.15, 0.2) is 42.5 Å². The second kappa shape index (κ2) is 5.32. The van der Waals surface area contributed by atoms with Gasteiger partial charge in [0.05, 0.1) is 6.10 Å². The topological polar surface area (TPSA) is 37.3 Å². The molecule has 94 valence electrons. The fourth-order valence-corrected chi connectivity index (χ4v) is 2.18. The molecule has 2 unspecified atom stereocenters. The standard InChI is InChI=1S/C16H18O2/c1-3-15(17)11(2)16(18)14-9-8-12-6-4-5-7-13(12)10-14/h4-11,16,18H,3H2,1-2H3. The van der Waals surface area contributed by atoms with E-state index in [1.165, 1.54) is 0 Å². The minimum Gasteiger partial charge on any atom is -0.388 e. The van der Waals surface area contributed by atoms with Crippen molar-refractivity contribution in [3.8, 4) is 0 Å². The van der Waals surface area contributed by atoms with Crippen LogP contribution in [0.4, 0.5) is 0 Å². The van der Waals surface area contributed by atoms with Crippen LogP contribution in [0.1, 0.15) is 31.9 Å². The van der Waals surface area contributed by atoms with E-state index in [0.29, 0.717) is 6.42 Å². The van der Waals surface area contributed by atoms with E-state index in [1.54, 1.807) is 6.92 Å². The molecular formula is C16H18O2. The van der Waals surface area contributed by atoms with Crippen LogP contribution < -0.4 is 0 Å². The average Bonchev–Trinajstić information content (AvgIpc) is 2.44. The Kier molecular flexibility index (Phi) is 3.78. The third-order valence-electron chi connectivity index (χ3n) is 3.44. The molecule has 2 heteroatoms. The fourth-order valence-electron chi connectivity index (χ4n) is 2.18. The Morgan fingerprint density at radius 2 is 1.83 bits per heavy atom. The third kappa shape index (κ3) is 2.44. The van der Waals surface area contributed by atoms with Gasteiger partial charge in [0, 0.05) is 12.3 Å². The van der Waals surface area contributed by atoms with Gasteiger partial charge in [-0.2, -0.15) is 0 Å². The zero-order valence-corrected chi connectivity index (χ0v) is 10.8. The van der Waals surface area contributed by atoms with Crippen LogP contribution in [-0.2, 0) is 4.79 Å². The zero-order chi connectivity index (χ0) is 13.1. The minimum absolute atomic E-state index is 0.0932. The van der Waals surface area contributed by atoms with Gasteiger partial charge < -0.3 is 5.11 Å². The maximum absolute atomic E-state index is 11.6. The summed E-state index contributed by atoms with van der Waals surface area (Å²) in [4.78, 5) is 11.6. The van der Waals surface area contributed by atoms with Crippen molar-refractivity contribution in [1.29, 1.82) is 0 Å². The lowest BCUT2D eigenvalue weighted by Gasteiger charge is -2.18. The summed E-state index contributed by atoms with van der Waals surface area (Å²) < 4.78 is 0. The van der Waals surface area contributed by atoms with Crippen molar-refractivity contribution in [2.75, 3.05) is 0 Å². The van der Waals surface area contributed by atoms with Gasteiger partial charge in [-0.25, -0.2) is 0 Å². The quantitative estimate of drug-likeness (QED) is 0.891. The molecule has 0 aromatic heterocycles. The summed E-state index contributed by atoms with van der Waals surface area (Å²) in [6.45, 7) is 3.61. The van der Waals surface area contributed by atoms with Gasteiger partial charge in [0.1, 0.15) is 5.78 Å². The van der Waals surface area contributed by atoms with Crippen LogP contribution >= 0.6 is 0 Å². The normalized spacial score (nSPS) is 14.4. The molecular weight excluding hydrogens is 224 g/mol. The number of hydrogen-bond donors (Lipinski definition) is 1. The summed E-state index contributed by atoms with van der Waals surface area (Å²) >= 11 is 0. The number of aliphatic hydroxyl groups is 1. The number of hydrogen-bond acceptors (Lipinski definition) is 2. The van der Waals surface area contributed by atoms with Crippen molar-refractivity contribution >= 4 is 16.6 Å². The smallest absolute Gasteiger partial charge is 0.138 e. The van der Waals surface area contributed by atoms with Crippen LogP contribution in [0.3, 0.4) is 0 Å². The van der Waals surface area contributed by atoms with Crippen LogP contribution in [0.25, 0.3) is 10.8 Å². The van der Waals surface area contributed by atoms with E-state index < -0.39 is 6.10 Å². The van der Waals surface area contributed by atoms with Gasteiger partial charge in [-0.15, -0.1) is 0 Å². The Balaban J connectivity index is 2.33. The number of ketones is 1. The number of Topliss-reactive ketones (excluding diaryl/α,β-unsaturated/α-hetero) is 1. The van der Waals surface area contributed by atoms with Crippen LogP contribution in [0.5, 0.6) is 0 Å². The van der Waals surface area contributed by atoms with Gasteiger partial charge in [-0.1, -0.05) is 50.2 Å². The van der Waals surface area contributed by atoms with Crippen LogP contribution in [-0.4, -0.2) is 10.9 Å². The SMILES string of the molecule is CCC(=O)C(C)C(O)c1ccc2ccccc2c1. The van der Waals surface area contributed by atoms with E-state index in [1.807, 2.05) is 49.4 Å². The second-order valence-electron chi connectivity index (χ2n) is 4.66. The molecule has 0 radical (unpaired) electrons. The number of carbonyl (C=O) groups excluding carboxylic acids is 1. The molecule has 18 heavy (non-hydrogen) atoms. The molecule has 0 aliphatic carbocycles. The van der Waals surface area contributed by atoms with Gasteiger partial charge in [0.25, 0.3) is 0 Å². The first-order valence-electron chi connectivity index (χ1n) is 6.33. The van der Waals surface area contributed by atoms with E-state index in [2.05, 4.69) is 0 Å². The average molecular weight is 242 g/mol. The molecule has 0 aliphatic rings. The second-order valence-corrected chi connectivity index (χ2v) is 4.66. The first-order valence-corrected chi connectivity index (χ1v) is 6.33. The molecule has 0 bridgehead atoms. The van der Waals surface area contributed by atoms with E-state index >= 15 is 0 Å². The highest BCUT2D eigenvalue weighted by Crippen LogP contribution is 2.26. The highest BCUT2D eigenvalue weighted by Gasteiger charge is 2.21. The summed E-state index contributed by atoms with van der Waals surface area (Å²) in [7, 11) is 0. The molecule has 0 heterocycles. The number of aliphatic hydroxyl groups excluding tert-OH is 1. The first kappa shape index (κ1) is 12.8. The molecule has 0 amide bonds. The molecule has 0 fully saturated rings. The van der Waals surface area contributed by atoms with Crippen molar-refractivity contribution in [2.24, 2.45) is 5.92 Å². The Hall–Kier alpha value is -1.67. The van der Waals surface area contributed by atoms with E-state index in [0.717, 1.165) is 16.3 Å². The molecule has 2 aromatic rings. The zero-order valence-electron chi connectivity index (χ0n) is 10.8. The van der Waals surface area contributed by atoms with Crippen molar-refractivity contribution in [2.45, 2.75) is 26.4 Å². The minimum atomic E-state index is -0.720. The fraction of sp³-hybridized carbons (Fsp3) is 0.312. The lowest BCUT2D eigenvalue weighted by atomic mass is 9.91.